The summed E-state index contributed by atoms with van der Waals surface area (Å²) in [6.45, 7) is 5.48. The van der Waals surface area contributed by atoms with Gasteiger partial charge in [-0.2, -0.15) is 0 Å². The van der Waals surface area contributed by atoms with E-state index in [4.69, 9.17) is 15.1 Å². The largest absolute Gasteiger partial charge is 0.493 e. The van der Waals surface area contributed by atoms with Crippen LogP contribution in [0.2, 0.25) is 0 Å². The van der Waals surface area contributed by atoms with Crippen molar-refractivity contribution in [1.82, 2.24) is 5.32 Å². The number of nitrogens with zero attached hydrogens (tertiary/aromatic N) is 1. The molecule has 0 atom stereocenters. The third-order valence-corrected chi connectivity index (χ3v) is 2.40. The molecule has 6 nitrogen and oxygen atoms in total. The molecule has 6 heteroatoms. The highest BCUT2D eigenvalue weighted by Crippen LogP contribution is 2.15. The van der Waals surface area contributed by atoms with Gasteiger partial charge in [-0.25, -0.2) is 0 Å². The van der Waals surface area contributed by atoms with Gasteiger partial charge in [-0.05, 0) is 32.0 Å². The third-order valence-electron chi connectivity index (χ3n) is 2.40. The van der Waals surface area contributed by atoms with E-state index < -0.39 is 5.97 Å². The van der Waals surface area contributed by atoms with Gasteiger partial charge in [-0.1, -0.05) is 30.6 Å². The highest BCUT2D eigenvalue weighted by Gasteiger charge is 1.97. The normalized spacial score (nSPS) is 10.0. The summed E-state index contributed by atoms with van der Waals surface area (Å²) in [6.07, 6.45) is 3.50. The maximum absolute atomic E-state index is 9.90. The molecule has 1 aromatic carbocycles. The van der Waals surface area contributed by atoms with Gasteiger partial charge in [0.05, 0.1) is 19.4 Å². The number of carboxylic acids is 1. The molecule has 0 fully saturated rings. The van der Waals surface area contributed by atoms with Crippen LogP contribution in [0.4, 0.5) is 0 Å². The molecule has 0 unspecified atom stereocenters. The fourth-order valence-electron chi connectivity index (χ4n) is 1.43. The molecule has 118 valence electrons. The molecule has 0 bridgehead atoms. The molecule has 0 saturated heterocycles. The lowest BCUT2D eigenvalue weighted by molar-refractivity contribution is -0.135. The first-order valence-electron chi connectivity index (χ1n) is 6.97. The van der Waals surface area contributed by atoms with Crippen LogP contribution >= 0.6 is 0 Å². The number of benzene rings is 1. The maximum atomic E-state index is 9.90. The first-order valence-corrected chi connectivity index (χ1v) is 6.97. The van der Waals surface area contributed by atoms with Crippen molar-refractivity contribution in [3.63, 3.8) is 0 Å². The average molecular weight is 296 g/mol. The molecule has 3 N–H and O–H groups in total. The van der Waals surface area contributed by atoms with Gasteiger partial charge in [0, 0.05) is 5.56 Å². The Morgan fingerprint density at radius 2 is 2.10 bits per heavy atom. The predicted octanol–water partition coefficient (Wildman–Crippen LogP) is 2.35. The Labute approximate surface area is 125 Å². The number of oxime groups is 1. The monoisotopic (exact) mass is 296 g/mol. The lowest BCUT2D eigenvalue weighted by Gasteiger charge is -2.04. The maximum Gasteiger partial charge on any atom is 0.317 e. The fraction of sp³-hybridized carbons (Fsp3) is 0.467. The van der Waals surface area contributed by atoms with Crippen LogP contribution in [0.15, 0.2) is 29.4 Å². The number of rotatable bonds is 8. The minimum Gasteiger partial charge on any atom is -0.493 e. The summed E-state index contributed by atoms with van der Waals surface area (Å²) in [5.41, 5.74) is 0.779. The van der Waals surface area contributed by atoms with Crippen LogP contribution in [0.1, 0.15) is 32.3 Å². The molecule has 0 saturated carbocycles. The number of carboxylic acid groups (broad SMARTS) is 1. The molecule has 0 spiro atoms. The Morgan fingerprint density at radius 1 is 1.38 bits per heavy atom. The quantitative estimate of drug-likeness (QED) is 0.296. The summed E-state index contributed by atoms with van der Waals surface area (Å²) in [5.74, 6) is -0.0519. The second kappa shape index (κ2) is 12.9. The third kappa shape index (κ3) is 10.4. The van der Waals surface area contributed by atoms with Crippen molar-refractivity contribution >= 4 is 12.2 Å². The molecular formula is C15H24N2O4. The van der Waals surface area contributed by atoms with Crippen molar-refractivity contribution in [3.05, 3.63) is 29.8 Å². The van der Waals surface area contributed by atoms with Gasteiger partial charge < -0.3 is 20.4 Å². The van der Waals surface area contributed by atoms with E-state index in [1.54, 1.807) is 0 Å². The van der Waals surface area contributed by atoms with Crippen LogP contribution in [0, 0.1) is 0 Å². The van der Waals surface area contributed by atoms with Crippen LogP contribution < -0.4 is 10.1 Å². The zero-order chi connectivity index (χ0) is 15.9. The summed E-state index contributed by atoms with van der Waals surface area (Å²) in [6, 6.07) is 7.39. The predicted molar refractivity (Wildman–Crippen MR) is 82.4 cm³/mol. The Kier molecular flexibility index (Phi) is 11.6. The minimum absolute atomic E-state index is 0.0833. The second-order valence-corrected chi connectivity index (χ2v) is 4.14. The van der Waals surface area contributed by atoms with Crippen LogP contribution in [0.25, 0.3) is 0 Å². The lowest BCUT2D eigenvalue weighted by atomic mass is 10.2. The van der Waals surface area contributed by atoms with E-state index >= 15 is 0 Å². The van der Waals surface area contributed by atoms with E-state index in [9.17, 15) is 4.79 Å². The number of para-hydroxylation sites is 1. The Balaban J connectivity index is 0.000000400. The van der Waals surface area contributed by atoms with Crippen LogP contribution in [0.3, 0.4) is 0 Å². The topological polar surface area (TPSA) is 91.2 Å². The summed E-state index contributed by atoms with van der Waals surface area (Å²) in [5, 5.41) is 22.2. The van der Waals surface area contributed by atoms with Gasteiger partial charge in [0.25, 0.3) is 0 Å². The van der Waals surface area contributed by atoms with Crippen molar-refractivity contribution in [1.29, 1.82) is 0 Å². The summed E-state index contributed by atoms with van der Waals surface area (Å²) in [7, 11) is 0. The Hall–Kier alpha value is -2.08. The average Bonchev–Trinajstić information content (AvgIpc) is 2.47. The number of ether oxygens (including phenoxy) is 1. The number of hydrogen-bond acceptors (Lipinski definition) is 5. The first kappa shape index (κ1) is 18.9. The van der Waals surface area contributed by atoms with Gasteiger partial charge in [0.1, 0.15) is 5.75 Å². The number of unbranched alkanes of at least 4 members (excludes halogenated alkanes) is 1. The second-order valence-electron chi connectivity index (χ2n) is 4.14. The summed E-state index contributed by atoms with van der Waals surface area (Å²) < 4.78 is 5.29. The number of hydrogen-bond donors (Lipinski definition) is 3. The fourth-order valence-corrected chi connectivity index (χ4v) is 1.43. The molecule has 1 rings (SSSR count). The zero-order valence-corrected chi connectivity index (χ0v) is 12.6. The van der Waals surface area contributed by atoms with Gasteiger partial charge in [0.2, 0.25) is 0 Å². The van der Waals surface area contributed by atoms with E-state index in [0.717, 1.165) is 30.7 Å². The van der Waals surface area contributed by atoms with Crippen molar-refractivity contribution in [2.24, 2.45) is 5.16 Å². The van der Waals surface area contributed by atoms with E-state index in [1.807, 2.05) is 31.2 Å². The Bertz CT molecular complexity index is 422. The van der Waals surface area contributed by atoms with E-state index in [1.165, 1.54) is 6.21 Å². The minimum atomic E-state index is -0.786. The highest BCUT2D eigenvalue weighted by molar-refractivity contribution is 5.82. The molecule has 0 aromatic heterocycles. The standard InChI is InChI=1S/C9H11NO2.C6H13NO2/c1-2-12-9-6-4-3-5-8(9)7-10-11;1-2-3-4-7-5-6(8)9/h3-7,11H,2H2,1H3;7H,2-5H2,1H3,(H,8,9). The summed E-state index contributed by atoms with van der Waals surface area (Å²) in [4.78, 5) is 9.90. The molecule has 0 heterocycles. The molecule has 0 aliphatic heterocycles. The van der Waals surface area contributed by atoms with Gasteiger partial charge in [0.15, 0.2) is 0 Å². The summed E-state index contributed by atoms with van der Waals surface area (Å²) >= 11 is 0. The highest BCUT2D eigenvalue weighted by atomic mass is 16.5. The van der Waals surface area contributed by atoms with Crippen molar-refractivity contribution < 1.29 is 19.8 Å². The molecule has 0 aliphatic carbocycles. The van der Waals surface area contributed by atoms with E-state index in [-0.39, 0.29) is 6.54 Å². The first-order chi connectivity index (χ1) is 10.2. The van der Waals surface area contributed by atoms with Gasteiger partial charge in [-0.15, -0.1) is 0 Å². The smallest absolute Gasteiger partial charge is 0.317 e. The van der Waals surface area contributed by atoms with Crippen molar-refractivity contribution in [2.45, 2.75) is 26.7 Å². The van der Waals surface area contributed by atoms with Crippen LogP contribution in [-0.2, 0) is 4.79 Å². The Morgan fingerprint density at radius 3 is 2.67 bits per heavy atom. The van der Waals surface area contributed by atoms with Crippen molar-refractivity contribution in [2.75, 3.05) is 19.7 Å². The van der Waals surface area contributed by atoms with Crippen LogP contribution in [0.5, 0.6) is 5.75 Å². The molecular weight excluding hydrogens is 272 g/mol. The SMILES string of the molecule is CCCCNCC(=O)O.CCOc1ccccc1C=NO. The van der Waals surface area contributed by atoms with Crippen LogP contribution in [-0.4, -0.2) is 42.2 Å². The number of aliphatic carboxylic acids is 1. The number of carbonyl (C=O) groups is 1. The van der Waals surface area contributed by atoms with E-state index in [2.05, 4.69) is 17.4 Å². The molecule has 0 amide bonds. The molecule has 0 radical (unpaired) electrons. The zero-order valence-electron chi connectivity index (χ0n) is 12.6. The van der Waals surface area contributed by atoms with E-state index in [0.29, 0.717) is 6.61 Å². The van der Waals surface area contributed by atoms with Crippen molar-refractivity contribution in [3.8, 4) is 5.75 Å². The lowest BCUT2D eigenvalue weighted by Crippen LogP contribution is -2.23. The van der Waals surface area contributed by atoms with Gasteiger partial charge >= 0.3 is 5.97 Å². The number of nitrogens with one attached hydrogen (secondary N) is 1. The molecule has 1 aromatic rings. The van der Waals surface area contributed by atoms with Gasteiger partial charge in [-0.3, -0.25) is 4.79 Å². The molecule has 0 aliphatic rings. The molecule has 21 heavy (non-hydrogen) atoms.